The molecule has 1 aromatic rings. The van der Waals surface area contributed by atoms with Crippen LogP contribution in [0, 0.1) is 5.41 Å². The van der Waals surface area contributed by atoms with E-state index in [9.17, 15) is 0 Å². The zero-order valence-electron chi connectivity index (χ0n) is 12.8. The number of piperidine rings is 2. The van der Waals surface area contributed by atoms with Gasteiger partial charge in [0.2, 0.25) is 0 Å². The first-order valence-electron chi connectivity index (χ1n) is 8.47. The predicted molar refractivity (Wildman–Crippen MR) is 85.8 cm³/mol. The van der Waals surface area contributed by atoms with Gasteiger partial charge in [-0.15, -0.1) is 0 Å². The van der Waals surface area contributed by atoms with Crippen molar-refractivity contribution in [1.82, 2.24) is 15.6 Å². The molecule has 114 valence electrons. The van der Waals surface area contributed by atoms with E-state index in [-0.39, 0.29) is 0 Å². The molecule has 0 bridgehead atoms. The van der Waals surface area contributed by atoms with Gasteiger partial charge in [0.1, 0.15) is 0 Å². The zero-order chi connectivity index (χ0) is 14.1. The van der Waals surface area contributed by atoms with Crippen molar-refractivity contribution < 1.29 is 0 Å². The first kappa shape index (κ1) is 13.5. The maximum absolute atomic E-state index is 4.75. The standard InChI is InChI=1S/C17H26N4/c1-2-14(10-18-7-1)16-4-3-15(11-20-16)21-8-5-17(6-9-21)12-19-13-17/h3-4,11,14,18-19H,1-2,5-10,12-13H2. The van der Waals surface area contributed by atoms with Crippen LogP contribution < -0.4 is 15.5 Å². The number of aromatic nitrogens is 1. The van der Waals surface area contributed by atoms with Gasteiger partial charge in [0, 0.05) is 44.3 Å². The largest absolute Gasteiger partial charge is 0.370 e. The number of pyridine rings is 1. The Morgan fingerprint density at radius 2 is 2.00 bits per heavy atom. The fraction of sp³-hybridized carbons (Fsp3) is 0.706. The Morgan fingerprint density at radius 1 is 1.14 bits per heavy atom. The third-order valence-electron chi connectivity index (χ3n) is 5.68. The van der Waals surface area contributed by atoms with Crippen molar-refractivity contribution in [3.8, 4) is 0 Å². The zero-order valence-corrected chi connectivity index (χ0v) is 12.8. The second kappa shape index (κ2) is 5.58. The van der Waals surface area contributed by atoms with Crippen LogP contribution in [0.4, 0.5) is 5.69 Å². The van der Waals surface area contributed by atoms with E-state index in [0.29, 0.717) is 11.3 Å². The third kappa shape index (κ3) is 2.67. The number of nitrogens with zero attached hydrogens (tertiary/aromatic N) is 2. The van der Waals surface area contributed by atoms with Crippen molar-refractivity contribution in [2.24, 2.45) is 5.41 Å². The number of hydrogen-bond donors (Lipinski definition) is 2. The average molecular weight is 286 g/mol. The first-order valence-corrected chi connectivity index (χ1v) is 8.47. The molecule has 1 aromatic heterocycles. The van der Waals surface area contributed by atoms with Crippen molar-refractivity contribution in [2.75, 3.05) is 44.2 Å². The topological polar surface area (TPSA) is 40.2 Å². The molecule has 4 heterocycles. The van der Waals surface area contributed by atoms with Gasteiger partial charge >= 0.3 is 0 Å². The van der Waals surface area contributed by atoms with Crippen LogP contribution >= 0.6 is 0 Å². The minimum atomic E-state index is 0.610. The highest BCUT2D eigenvalue weighted by Gasteiger charge is 2.39. The highest BCUT2D eigenvalue weighted by atomic mass is 15.2. The van der Waals surface area contributed by atoms with Gasteiger partial charge in [-0.25, -0.2) is 0 Å². The lowest BCUT2D eigenvalue weighted by Gasteiger charge is -2.48. The number of rotatable bonds is 2. The van der Waals surface area contributed by atoms with E-state index in [0.717, 1.165) is 6.54 Å². The maximum Gasteiger partial charge on any atom is 0.0552 e. The molecule has 2 N–H and O–H groups in total. The Hall–Kier alpha value is -1.13. The van der Waals surface area contributed by atoms with Crippen LogP contribution in [0.5, 0.6) is 0 Å². The summed E-state index contributed by atoms with van der Waals surface area (Å²) >= 11 is 0. The van der Waals surface area contributed by atoms with E-state index in [4.69, 9.17) is 4.98 Å². The highest BCUT2D eigenvalue weighted by Crippen LogP contribution is 2.36. The molecule has 1 atom stereocenters. The average Bonchev–Trinajstić information content (AvgIpc) is 2.55. The molecular weight excluding hydrogens is 260 g/mol. The van der Waals surface area contributed by atoms with Gasteiger partial charge < -0.3 is 15.5 Å². The minimum absolute atomic E-state index is 0.610. The Morgan fingerprint density at radius 3 is 2.57 bits per heavy atom. The van der Waals surface area contributed by atoms with Crippen molar-refractivity contribution in [2.45, 2.75) is 31.6 Å². The molecule has 0 amide bonds. The highest BCUT2D eigenvalue weighted by molar-refractivity contribution is 5.45. The van der Waals surface area contributed by atoms with Crippen molar-refractivity contribution in [3.05, 3.63) is 24.0 Å². The van der Waals surface area contributed by atoms with Crippen molar-refractivity contribution in [3.63, 3.8) is 0 Å². The van der Waals surface area contributed by atoms with Crippen molar-refractivity contribution in [1.29, 1.82) is 0 Å². The van der Waals surface area contributed by atoms with E-state index in [1.165, 1.54) is 69.8 Å². The summed E-state index contributed by atoms with van der Waals surface area (Å²) in [5, 5.41) is 6.91. The van der Waals surface area contributed by atoms with Crippen LogP contribution in [-0.2, 0) is 0 Å². The summed E-state index contributed by atoms with van der Waals surface area (Å²) in [4.78, 5) is 7.27. The Labute approximate surface area is 127 Å². The molecule has 3 aliphatic heterocycles. The summed E-state index contributed by atoms with van der Waals surface area (Å²) in [6, 6.07) is 4.54. The lowest BCUT2D eigenvalue weighted by atomic mass is 9.73. The Bertz CT molecular complexity index is 464. The molecule has 0 saturated carbocycles. The molecule has 0 aromatic carbocycles. The fourth-order valence-corrected chi connectivity index (χ4v) is 4.00. The van der Waals surface area contributed by atoms with Gasteiger partial charge in [-0.3, -0.25) is 4.98 Å². The monoisotopic (exact) mass is 286 g/mol. The molecule has 3 fully saturated rings. The summed E-state index contributed by atoms with van der Waals surface area (Å²) in [6.07, 6.45) is 7.30. The lowest BCUT2D eigenvalue weighted by molar-refractivity contribution is 0.126. The summed E-state index contributed by atoms with van der Waals surface area (Å²) in [5.74, 6) is 0.610. The van der Waals surface area contributed by atoms with Gasteiger partial charge in [-0.05, 0) is 49.8 Å². The molecule has 3 aliphatic rings. The van der Waals surface area contributed by atoms with Gasteiger partial charge in [-0.2, -0.15) is 0 Å². The number of anilines is 1. The summed E-state index contributed by atoms with van der Waals surface area (Å²) in [6.45, 7) is 7.09. The van der Waals surface area contributed by atoms with Crippen molar-refractivity contribution >= 4 is 5.69 Å². The van der Waals surface area contributed by atoms with Gasteiger partial charge in [0.05, 0.1) is 11.9 Å². The smallest absolute Gasteiger partial charge is 0.0552 e. The predicted octanol–water partition coefficient (Wildman–Crippen LogP) is 1.74. The number of nitrogens with one attached hydrogen (secondary N) is 2. The molecule has 1 unspecified atom stereocenters. The molecule has 0 aliphatic carbocycles. The van der Waals surface area contributed by atoms with E-state index >= 15 is 0 Å². The number of hydrogen-bond acceptors (Lipinski definition) is 4. The van der Waals surface area contributed by atoms with E-state index in [1.54, 1.807) is 0 Å². The Balaban J connectivity index is 1.39. The van der Waals surface area contributed by atoms with Gasteiger partial charge in [0.15, 0.2) is 0 Å². The van der Waals surface area contributed by atoms with Crippen LogP contribution in [0.15, 0.2) is 18.3 Å². The Kier molecular flexibility index (Phi) is 3.59. The summed E-state index contributed by atoms with van der Waals surface area (Å²) in [5.41, 5.74) is 3.20. The summed E-state index contributed by atoms with van der Waals surface area (Å²) < 4.78 is 0. The SMILES string of the molecule is c1cc(C2CCCNC2)ncc1N1CCC2(CC1)CNC2. The van der Waals surface area contributed by atoms with Crippen LogP contribution in [-0.4, -0.2) is 44.3 Å². The van der Waals surface area contributed by atoms with Crippen LogP contribution in [0.2, 0.25) is 0 Å². The molecule has 4 rings (SSSR count). The lowest BCUT2D eigenvalue weighted by Crippen LogP contribution is -2.58. The molecule has 21 heavy (non-hydrogen) atoms. The second-order valence-electron chi connectivity index (χ2n) is 7.08. The quantitative estimate of drug-likeness (QED) is 0.869. The van der Waals surface area contributed by atoms with Crippen LogP contribution in [0.1, 0.15) is 37.3 Å². The third-order valence-corrected chi connectivity index (χ3v) is 5.68. The van der Waals surface area contributed by atoms with Gasteiger partial charge in [-0.1, -0.05) is 0 Å². The van der Waals surface area contributed by atoms with E-state index in [1.807, 2.05) is 0 Å². The minimum Gasteiger partial charge on any atom is -0.370 e. The van der Waals surface area contributed by atoms with Crippen LogP contribution in [0.3, 0.4) is 0 Å². The normalized spacial score (nSPS) is 28.4. The molecule has 0 radical (unpaired) electrons. The maximum atomic E-state index is 4.75. The summed E-state index contributed by atoms with van der Waals surface area (Å²) in [7, 11) is 0. The van der Waals surface area contributed by atoms with E-state index < -0.39 is 0 Å². The molecule has 1 spiro atoms. The molecule has 4 heteroatoms. The molecule has 3 saturated heterocycles. The molecule has 4 nitrogen and oxygen atoms in total. The molecular formula is C17H26N4. The first-order chi connectivity index (χ1) is 10.3. The second-order valence-corrected chi connectivity index (χ2v) is 7.08. The van der Waals surface area contributed by atoms with Crippen LogP contribution in [0.25, 0.3) is 0 Å². The fourth-order valence-electron chi connectivity index (χ4n) is 4.00. The van der Waals surface area contributed by atoms with Gasteiger partial charge in [0.25, 0.3) is 0 Å². The van der Waals surface area contributed by atoms with E-state index in [2.05, 4.69) is 33.9 Å².